The molecule has 1 aromatic rings. The Balaban J connectivity index is 1.83. The predicted molar refractivity (Wildman–Crippen MR) is 89.6 cm³/mol. The first kappa shape index (κ1) is 16.4. The van der Waals surface area contributed by atoms with Gasteiger partial charge in [0, 0.05) is 17.9 Å². The van der Waals surface area contributed by atoms with Gasteiger partial charge in [-0.05, 0) is 52.0 Å². The first-order valence-corrected chi connectivity index (χ1v) is 9.04. The van der Waals surface area contributed by atoms with Gasteiger partial charge in [0.15, 0.2) is 0 Å². The maximum Gasteiger partial charge on any atom is 0.498 e. The molecule has 7 heteroatoms. The normalized spacial score (nSPS) is 26.3. The monoisotopic (exact) mass is 324 g/mol. The molecule has 0 bridgehead atoms. The lowest BCUT2D eigenvalue weighted by Crippen LogP contribution is -2.42. The maximum absolute atomic E-state index is 9.90. The number of thioether (sulfide) groups is 1. The molecule has 3 heterocycles. The third-order valence-corrected chi connectivity index (χ3v) is 6.32. The van der Waals surface area contributed by atoms with Gasteiger partial charge in [-0.3, -0.25) is 4.68 Å². The lowest BCUT2D eigenvalue weighted by Gasteiger charge is -2.35. The zero-order valence-corrected chi connectivity index (χ0v) is 14.7. The van der Waals surface area contributed by atoms with Crippen LogP contribution in [-0.2, 0) is 14.8 Å². The molecule has 0 aromatic carbocycles. The lowest BCUT2D eigenvalue weighted by molar-refractivity contribution is 0.00578. The summed E-state index contributed by atoms with van der Waals surface area (Å²) in [5, 5.41) is 14.4. The molecule has 3 rings (SSSR count). The van der Waals surface area contributed by atoms with Crippen LogP contribution in [0.2, 0.25) is 0 Å². The molecule has 5 nitrogen and oxygen atoms in total. The van der Waals surface area contributed by atoms with Gasteiger partial charge in [0.2, 0.25) is 0 Å². The van der Waals surface area contributed by atoms with E-state index in [1.807, 2.05) is 50.3 Å². The summed E-state index contributed by atoms with van der Waals surface area (Å²) >= 11 is 1.94. The third kappa shape index (κ3) is 2.62. The minimum absolute atomic E-state index is 0.123. The Hall–Kier alpha value is -0.495. The van der Waals surface area contributed by atoms with Crippen LogP contribution < -0.4 is 5.46 Å². The number of aliphatic hydroxyl groups excluding tert-OH is 1. The number of aromatic nitrogens is 2. The first-order valence-electron chi connectivity index (χ1n) is 7.89. The predicted octanol–water partition coefficient (Wildman–Crippen LogP) is 1.40. The van der Waals surface area contributed by atoms with Crippen molar-refractivity contribution in [1.82, 2.24) is 9.78 Å². The molecule has 2 aliphatic heterocycles. The average molecular weight is 324 g/mol. The highest BCUT2D eigenvalue weighted by atomic mass is 32.2. The zero-order chi connectivity index (χ0) is 16.0. The Bertz CT molecular complexity index is 525. The third-order valence-electron chi connectivity index (χ3n) is 5.33. The van der Waals surface area contributed by atoms with E-state index in [0.29, 0.717) is 0 Å². The minimum atomic E-state index is -0.396. The maximum atomic E-state index is 9.90. The van der Waals surface area contributed by atoms with Gasteiger partial charge in [-0.15, -0.1) is 0 Å². The molecule has 0 radical (unpaired) electrons. The van der Waals surface area contributed by atoms with E-state index in [1.165, 1.54) is 0 Å². The first-order chi connectivity index (χ1) is 10.3. The number of nitrogens with zero attached hydrogens (tertiary/aromatic N) is 2. The Kier molecular flexibility index (Phi) is 4.13. The molecule has 0 aliphatic carbocycles. The van der Waals surface area contributed by atoms with Crippen LogP contribution in [0.5, 0.6) is 0 Å². The molecular formula is C15H25BN2O3S. The topological polar surface area (TPSA) is 56.5 Å². The van der Waals surface area contributed by atoms with E-state index in [9.17, 15) is 5.11 Å². The largest absolute Gasteiger partial charge is 0.498 e. The Morgan fingerprint density at radius 3 is 2.36 bits per heavy atom. The summed E-state index contributed by atoms with van der Waals surface area (Å²) in [5.41, 5.74) is -0.0522. The SMILES string of the molecule is CC1(C)OB(c2cnn(C3(CO)CCSCC3)c2)OC1(C)C. The highest BCUT2D eigenvalue weighted by Crippen LogP contribution is 2.37. The van der Waals surface area contributed by atoms with E-state index in [2.05, 4.69) is 5.10 Å². The van der Waals surface area contributed by atoms with Gasteiger partial charge in [-0.2, -0.15) is 16.9 Å². The summed E-state index contributed by atoms with van der Waals surface area (Å²) in [4.78, 5) is 0. The molecule has 22 heavy (non-hydrogen) atoms. The molecular weight excluding hydrogens is 299 g/mol. The highest BCUT2D eigenvalue weighted by Gasteiger charge is 2.52. The molecule has 1 aromatic heterocycles. The van der Waals surface area contributed by atoms with Gasteiger partial charge in [-0.1, -0.05) is 0 Å². The van der Waals surface area contributed by atoms with Gasteiger partial charge < -0.3 is 14.4 Å². The smallest absolute Gasteiger partial charge is 0.399 e. The van der Waals surface area contributed by atoms with Crippen molar-refractivity contribution in [2.75, 3.05) is 18.1 Å². The van der Waals surface area contributed by atoms with Crippen LogP contribution in [0.1, 0.15) is 40.5 Å². The van der Waals surface area contributed by atoms with Crippen molar-refractivity contribution in [1.29, 1.82) is 0 Å². The number of aliphatic hydroxyl groups is 1. The number of rotatable bonds is 3. The van der Waals surface area contributed by atoms with Gasteiger partial charge in [0.05, 0.1) is 23.3 Å². The summed E-state index contributed by atoms with van der Waals surface area (Å²) < 4.78 is 14.1. The van der Waals surface area contributed by atoms with E-state index >= 15 is 0 Å². The second-order valence-corrected chi connectivity index (χ2v) is 8.53. The van der Waals surface area contributed by atoms with Crippen LogP contribution in [0, 0.1) is 0 Å². The van der Waals surface area contributed by atoms with Crippen LogP contribution in [-0.4, -0.2) is 51.3 Å². The fraction of sp³-hybridized carbons (Fsp3) is 0.800. The van der Waals surface area contributed by atoms with Crippen molar-refractivity contribution in [3.8, 4) is 0 Å². The van der Waals surface area contributed by atoms with Crippen molar-refractivity contribution in [2.24, 2.45) is 0 Å². The van der Waals surface area contributed by atoms with Crippen LogP contribution in [0.4, 0.5) is 0 Å². The number of hydrogen-bond donors (Lipinski definition) is 1. The van der Waals surface area contributed by atoms with Crippen molar-refractivity contribution in [2.45, 2.75) is 57.3 Å². The Labute approximate surface area is 136 Å². The molecule has 122 valence electrons. The van der Waals surface area contributed by atoms with Crippen LogP contribution >= 0.6 is 11.8 Å². The van der Waals surface area contributed by atoms with Gasteiger partial charge in [0.25, 0.3) is 0 Å². The number of hydrogen-bond acceptors (Lipinski definition) is 5. The summed E-state index contributed by atoms with van der Waals surface area (Å²) in [6.07, 6.45) is 5.67. The summed E-state index contributed by atoms with van der Waals surface area (Å²) in [7, 11) is -0.396. The van der Waals surface area contributed by atoms with Crippen molar-refractivity contribution >= 4 is 24.3 Å². The summed E-state index contributed by atoms with van der Waals surface area (Å²) in [6, 6.07) is 0. The van der Waals surface area contributed by atoms with E-state index in [0.717, 1.165) is 29.8 Å². The Morgan fingerprint density at radius 2 is 1.82 bits per heavy atom. The second-order valence-electron chi connectivity index (χ2n) is 7.30. The average Bonchev–Trinajstić information content (AvgIpc) is 3.04. The lowest BCUT2D eigenvalue weighted by atomic mass is 9.81. The van der Waals surface area contributed by atoms with Gasteiger partial charge in [-0.25, -0.2) is 0 Å². The molecule has 2 aliphatic rings. The van der Waals surface area contributed by atoms with Crippen LogP contribution in [0.15, 0.2) is 12.4 Å². The van der Waals surface area contributed by atoms with Crippen LogP contribution in [0.3, 0.4) is 0 Å². The minimum Gasteiger partial charge on any atom is -0.399 e. The molecule has 1 N–H and O–H groups in total. The van der Waals surface area contributed by atoms with Crippen molar-refractivity contribution < 1.29 is 14.4 Å². The second kappa shape index (κ2) is 5.55. The van der Waals surface area contributed by atoms with Gasteiger partial charge in [0.1, 0.15) is 0 Å². The summed E-state index contributed by atoms with van der Waals surface area (Å²) in [6.45, 7) is 8.31. The van der Waals surface area contributed by atoms with E-state index in [-0.39, 0.29) is 23.3 Å². The molecule has 0 amide bonds. The van der Waals surface area contributed by atoms with Crippen LogP contribution in [0.25, 0.3) is 0 Å². The molecule has 0 unspecified atom stereocenters. The standard InChI is InChI=1S/C15H25BN2O3S/c1-13(2)14(3,4)21-16(20-13)12-9-17-18(10-12)15(11-19)5-7-22-8-6-15/h9-10,19H,5-8,11H2,1-4H3. The van der Waals surface area contributed by atoms with E-state index in [1.54, 1.807) is 6.20 Å². The summed E-state index contributed by atoms with van der Waals surface area (Å²) in [5.74, 6) is 2.12. The zero-order valence-electron chi connectivity index (χ0n) is 13.8. The molecule has 2 fully saturated rings. The quantitative estimate of drug-likeness (QED) is 0.852. The molecule has 0 saturated carbocycles. The van der Waals surface area contributed by atoms with Crippen molar-refractivity contribution in [3.05, 3.63) is 12.4 Å². The van der Waals surface area contributed by atoms with Crippen molar-refractivity contribution in [3.63, 3.8) is 0 Å². The fourth-order valence-electron chi connectivity index (χ4n) is 2.91. The van der Waals surface area contributed by atoms with E-state index in [4.69, 9.17) is 9.31 Å². The van der Waals surface area contributed by atoms with E-state index < -0.39 is 7.12 Å². The molecule has 0 atom stereocenters. The molecule has 2 saturated heterocycles. The fourth-order valence-corrected chi connectivity index (χ4v) is 4.16. The highest BCUT2D eigenvalue weighted by molar-refractivity contribution is 7.99. The van der Waals surface area contributed by atoms with Gasteiger partial charge >= 0.3 is 7.12 Å². The molecule has 0 spiro atoms. The Morgan fingerprint density at radius 1 is 1.23 bits per heavy atom.